The maximum absolute atomic E-state index is 12.2. The molecule has 1 heterocycles. The molecule has 6 nitrogen and oxygen atoms in total. The zero-order chi connectivity index (χ0) is 16.3. The summed E-state index contributed by atoms with van der Waals surface area (Å²) in [4.78, 5) is 26.1. The van der Waals surface area contributed by atoms with E-state index in [9.17, 15) is 22.8 Å². The molecule has 0 unspecified atom stereocenters. The molecule has 0 atom stereocenters. The first-order valence-electron chi connectivity index (χ1n) is 5.72. The number of nitrogens with one attached hydrogen (secondary N) is 1. The standard InChI is InChI=1S/C12H13F3N2O4/c1-11(2,3)21-10(19)17-9-7(6-18)8(4-5-16-9)20-12(13,14)15/h4-6H,1-3H3,(H,16,17,19). The molecule has 0 aliphatic rings. The van der Waals surface area contributed by atoms with E-state index in [4.69, 9.17) is 4.74 Å². The van der Waals surface area contributed by atoms with Gasteiger partial charge in [0.2, 0.25) is 0 Å². The molecule has 0 fully saturated rings. The molecule has 0 saturated heterocycles. The van der Waals surface area contributed by atoms with Crippen molar-refractivity contribution < 1.29 is 32.2 Å². The number of amides is 1. The first-order valence-corrected chi connectivity index (χ1v) is 5.72. The number of ether oxygens (including phenoxy) is 2. The Balaban J connectivity index is 3.00. The Morgan fingerprint density at radius 3 is 2.43 bits per heavy atom. The minimum absolute atomic E-state index is 0.0980. The summed E-state index contributed by atoms with van der Waals surface area (Å²) in [6, 6.07) is 0.859. The van der Waals surface area contributed by atoms with Crippen LogP contribution in [0.4, 0.5) is 23.8 Å². The molecule has 1 aromatic rings. The van der Waals surface area contributed by atoms with Crippen molar-refractivity contribution in [2.45, 2.75) is 32.7 Å². The lowest BCUT2D eigenvalue weighted by molar-refractivity contribution is -0.274. The van der Waals surface area contributed by atoms with Gasteiger partial charge in [0.1, 0.15) is 17.2 Å². The van der Waals surface area contributed by atoms with Crippen molar-refractivity contribution >= 4 is 18.2 Å². The summed E-state index contributed by atoms with van der Waals surface area (Å²) >= 11 is 0. The molecule has 1 aromatic heterocycles. The van der Waals surface area contributed by atoms with Crippen LogP contribution < -0.4 is 10.1 Å². The van der Waals surface area contributed by atoms with Crippen LogP contribution in [0.15, 0.2) is 12.3 Å². The number of hydrogen-bond donors (Lipinski definition) is 1. The Morgan fingerprint density at radius 1 is 1.33 bits per heavy atom. The number of aldehydes is 1. The van der Waals surface area contributed by atoms with Gasteiger partial charge in [-0.1, -0.05) is 0 Å². The van der Waals surface area contributed by atoms with Gasteiger partial charge < -0.3 is 9.47 Å². The van der Waals surface area contributed by atoms with E-state index in [1.54, 1.807) is 20.8 Å². The van der Waals surface area contributed by atoms with Gasteiger partial charge in [-0.05, 0) is 26.8 Å². The van der Waals surface area contributed by atoms with Crippen LogP contribution in [-0.4, -0.2) is 29.3 Å². The highest BCUT2D eigenvalue weighted by molar-refractivity contribution is 5.93. The summed E-state index contributed by atoms with van der Waals surface area (Å²) in [5, 5.41) is 2.09. The SMILES string of the molecule is CC(C)(C)OC(=O)Nc1nccc(OC(F)(F)F)c1C=O. The average Bonchev–Trinajstić information content (AvgIpc) is 2.24. The van der Waals surface area contributed by atoms with E-state index < -0.39 is 29.4 Å². The fourth-order valence-electron chi connectivity index (χ4n) is 1.28. The first kappa shape index (κ1) is 16.7. The topological polar surface area (TPSA) is 77.5 Å². The van der Waals surface area contributed by atoms with Gasteiger partial charge >= 0.3 is 12.5 Å². The highest BCUT2D eigenvalue weighted by Crippen LogP contribution is 2.28. The van der Waals surface area contributed by atoms with Crippen LogP contribution in [0.5, 0.6) is 5.75 Å². The van der Waals surface area contributed by atoms with E-state index in [-0.39, 0.29) is 12.1 Å². The van der Waals surface area contributed by atoms with E-state index in [0.717, 1.165) is 12.3 Å². The molecule has 0 saturated carbocycles. The monoisotopic (exact) mass is 306 g/mol. The summed E-state index contributed by atoms with van der Waals surface area (Å²) in [6.07, 6.45) is -4.87. The van der Waals surface area contributed by atoms with Crippen molar-refractivity contribution in [2.75, 3.05) is 5.32 Å². The molecule has 9 heteroatoms. The van der Waals surface area contributed by atoms with Gasteiger partial charge in [0.25, 0.3) is 0 Å². The fraction of sp³-hybridized carbons (Fsp3) is 0.417. The highest BCUT2D eigenvalue weighted by Gasteiger charge is 2.33. The van der Waals surface area contributed by atoms with Gasteiger partial charge in [-0.25, -0.2) is 9.78 Å². The number of pyridine rings is 1. The minimum atomic E-state index is -4.97. The lowest BCUT2D eigenvalue weighted by Gasteiger charge is -2.20. The number of anilines is 1. The van der Waals surface area contributed by atoms with E-state index in [1.807, 2.05) is 0 Å². The van der Waals surface area contributed by atoms with Crippen LogP contribution in [0.3, 0.4) is 0 Å². The minimum Gasteiger partial charge on any atom is -0.444 e. The molecule has 1 rings (SSSR count). The maximum Gasteiger partial charge on any atom is 0.573 e. The summed E-state index contributed by atoms with van der Waals surface area (Å²) in [6.45, 7) is 4.80. The quantitative estimate of drug-likeness (QED) is 0.868. The van der Waals surface area contributed by atoms with Crippen molar-refractivity contribution in [1.82, 2.24) is 4.98 Å². The van der Waals surface area contributed by atoms with Gasteiger partial charge in [-0.3, -0.25) is 10.1 Å². The van der Waals surface area contributed by atoms with Crippen LogP contribution in [0.2, 0.25) is 0 Å². The smallest absolute Gasteiger partial charge is 0.444 e. The van der Waals surface area contributed by atoms with Crippen molar-refractivity contribution in [3.63, 3.8) is 0 Å². The summed E-state index contributed by atoms with van der Waals surface area (Å²) in [7, 11) is 0. The Hall–Kier alpha value is -2.32. The number of hydrogen-bond acceptors (Lipinski definition) is 5. The molecule has 0 bridgehead atoms. The van der Waals surface area contributed by atoms with Gasteiger partial charge in [0.05, 0.1) is 5.56 Å². The van der Waals surface area contributed by atoms with Crippen LogP contribution in [-0.2, 0) is 4.74 Å². The number of alkyl halides is 3. The van der Waals surface area contributed by atoms with Crippen LogP contribution in [0.25, 0.3) is 0 Å². The summed E-state index contributed by atoms with van der Waals surface area (Å²) in [5.41, 5.74) is -1.36. The Bertz CT molecular complexity index is 538. The molecule has 0 aliphatic heterocycles. The molecule has 0 radical (unpaired) electrons. The zero-order valence-corrected chi connectivity index (χ0v) is 11.4. The molecule has 0 aliphatic carbocycles. The normalized spacial score (nSPS) is 11.7. The Kier molecular flexibility index (Phi) is 4.77. The van der Waals surface area contributed by atoms with Crippen molar-refractivity contribution in [1.29, 1.82) is 0 Å². The predicted octanol–water partition coefficient (Wildman–Crippen LogP) is 3.14. The van der Waals surface area contributed by atoms with Gasteiger partial charge in [-0.15, -0.1) is 13.2 Å². The van der Waals surface area contributed by atoms with Gasteiger partial charge in [0.15, 0.2) is 6.29 Å². The van der Waals surface area contributed by atoms with Crippen LogP contribution >= 0.6 is 0 Å². The molecule has 0 spiro atoms. The maximum atomic E-state index is 12.2. The molecule has 0 aromatic carbocycles. The second-order valence-corrected chi connectivity index (χ2v) is 4.86. The van der Waals surface area contributed by atoms with Crippen molar-refractivity contribution in [3.8, 4) is 5.75 Å². The molecule has 116 valence electrons. The first-order chi connectivity index (χ1) is 9.52. The molecule has 21 heavy (non-hydrogen) atoms. The third kappa shape index (κ3) is 5.67. The molecule has 1 N–H and O–H groups in total. The number of carbonyl (C=O) groups excluding carboxylic acids is 2. The number of halogens is 3. The second-order valence-electron chi connectivity index (χ2n) is 4.86. The predicted molar refractivity (Wildman–Crippen MR) is 66.2 cm³/mol. The van der Waals surface area contributed by atoms with E-state index in [1.165, 1.54) is 0 Å². The number of carbonyl (C=O) groups is 2. The average molecular weight is 306 g/mol. The van der Waals surface area contributed by atoms with E-state index in [2.05, 4.69) is 15.0 Å². The van der Waals surface area contributed by atoms with Crippen molar-refractivity contribution in [3.05, 3.63) is 17.8 Å². The zero-order valence-electron chi connectivity index (χ0n) is 11.4. The molecular formula is C12H13F3N2O4. The van der Waals surface area contributed by atoms with Crippen LogP contribution in [0, 0.1) is 0 Å². The summed E-state index contributed by atoms with van der Waals surface area (Å²) in [5.74, 6) is -1.15. The van der Waals surface area contributed by atoms with Gasteiger partial charge in [-0.2, -0.15) is 0 Å². The van der Waals surface area contributed by atoms with Gasteiger partial charge in [0, 0.05) is 6.20 Å². The Morgan fingerprint density at radius 2 is 1.95 bits per heavy atom. The van der Waals surface area contributed by atoms with E-state index in [0.29, 0.717) is 0 Å². The highest BCUT2D eigenvalue weighted by atomic mass is 19.4. The third-order valence-corrected chi connectivity index (χ3v) is 1.91. The van der Waals surface area contributed by atoms with Crippen molar-refractivity contribution in [2.24, 2.45) is 0 Å². The largest absolute Gasteiger partial charge is 0.573 e. The number of nitrogens with zero attached hydrogens (tertiary/aromatic N) is 1. The Labute approximate surface area is 118 Å². The second kappa shape index (κ2) is 5.98. The number of rotatable bonds is 3. The lowest BCUT2D eigenvalue weighted by Crippen LogP contribution is -2.28. The molecule has 1 amide bonds. The summed E-state index contributed by atoms with van der Waals surface area (Å²) < 4.78 is 45.2. The fourth-order valence-corrected chi connectivity index (χ4v) is 1.28. The lowest BCUT2D eigenvalue weighted by atomic mass is 10.2. The van der Waals surface area contributed by atoms with Crippen LogP contribution in [0.1, 0.15) is 31.1 Å². The third-order valence-electron chi connectivity index (χ3n) is 1.91. The van der Waals surface area contributed by atoms with E-state index >= 15 is 0 Å². The molecular weight excluding hydrogens is 293 g/mol. The number of aromatic nitrogens is 1.